The van der Waals surface area contributed by atoms with Crippen molar-refractivity contribution in [1.82, 2.24) is 10.6 Å². The van der Waals surface area contributed by atoms with E-state index >= 15 is 0 Å². The minimum absolute atomic E-state index is 0.140. The number of benzene rings is 1. The number of carbonyl (C=O) groups excluding carboxylic acids is 1. The van der Waals surface area contributed by atoms with E-state index in [4.69, 9.17) is 9.47 Å². The highest BCUT2D eigenvalue weighted by molar-refractivity contribution is 5.74. The number of hydrogen-bond donors (Lipinski definition) is 2. The van der Waals surface area contributed by atoms with Crippen molar-refractivity contribution >= 4 is 6.03 Å². The minimum atomic E-state index is -0.229. The molecule has 0 unspecified atom stereocenters. The first-order valence-electron chi connectivity index (χ1n) is 7.24. The van der Waals surface area contributed by atoms with Crippen molar-refractivity contribution in [1.29, 1.82) is 0 Å². The third-order valence-electron chi connectivity index (χ3n) is 3.29. The Morgan fingerprint density at radius 3 is 2.86 bits per heavy atom. The van der Waals surface area contributed by atoms with Gasteiger partial charge in [-0.15, -0.1) is 0 Å². The van der Waals surface area contributed by atoms with Crippen molar-refractivity contribution in [2.75, 3.05) is 20.3 Å². The van der Waals surface area contributed by atoms with Gasteiger partial charge in [-0.2, -0.15) is 0 Å². The van der Waals surface area contributed by atoms with Crippen molar-refractivity contribution in [3.05, 3.63) is 23.8 Å². The van der Waals surface area contributed by atoms with Crippen molar-refractivity contribution in [2.45, 2.75) is 32.7 Å². The molecule has 1 atom stereocenters. The Labute approximate surface area is 126 Å². The van der Waals surface area contributed by atoms with Gasteiger partial charge in [0, 0.05) is 18.0 Å². The first kappa shape index (κ1) is 15.5. The second-order valence-electron chi connectivity index (χ2n) is 6.41. The standard InChI is InChI=1S/C16H24N2O3/c1-16(2,3)18-15(19)17-9-11-8-12-6-5-7-13(20-4)14(12)21-10-11/h5-7,11H,8-10H2,1-4H3,(H2,17,18,19)/t11-/m0/s1. The average molecular weight is 292 g/mol. The number of methoxy groups -OCH3 is 1. The molecule has 0 saturated carbocycles. The Morgan fingerprint density at radius 2 is 2.19 bits per heavy atom. The van der Waals surface area contributed by atoms with E-state index in [1.54, 1.807) is 7.11 Å². The maximum absolute atomic E-state index is 11.8. The number of amides is 2. The highest BCUT2D eigenvalue weighted by Crippen LogP contribution is 2.35. The predicted octanol–water partition coefficient (Wildman–Crippen LogP) is 2.34. The highest BCUT2D eigenvalue weighted by atomic mass is 16.5. The smallest absolute Gasteiger partial charge is 0.315 e. The zero-order valence-electron chi connectivity index (χ0n) is 13.2. The molecular formula is C16H24N2O3. The fourth-order valence-corrected chi connectivity index (χ4v) is 2.37. The summed E-state index contributed by atoms with van der Waals surface area (Å²) in [6, 6.07) is 5.76. The summed E-state index contributed by atoms with van der Waals surface area (Å²) >= 11 is 0. The van der Waals surface area contributed by atoms with Crippen molar-refractivity contribution in [3.63, 3.8) is 0 Å². The number of fused-ring (bicyclic) bond motifs is 1. The Kier molecular flexibility index (Phi) is 4.60. The maximum atomic E-state index is 11.8. The monoisotopic (exact) mass is 292 g/mol. The fraction of sp³-hybridized carbons (Fsp3) is 0.562. The second-order valence-corrected chi connectivity index (χ2v) is 6.41. The second kappa shape index (κ2) is 6.24. The molecule has 5 nitrogen and oxygen atoms in total. The van der Waals surface area contributed by atoms with Gasteiger partial charge in [-0.1, -0.05) is 12.1 Å². The van der Waals surface area contributed by atoms with E-state index in [1.807, 2.05) is 39.0 Å². The summed E-state index contributed by atoms with van der Waals surface area (Å²) in [5.41, 5.74) is 0.899. The molecule has 1 aromatic rings. The van der Waals surface area contributed by atoms with Crippen LogP contribution in [0.25, 0.3) is 0 Å². The van der Waals surface area contributed by atoms with Crippen LogP contribution in [0.2, 0.25) is 0 Å². The summed E-state index contributed by atoms with van der Waals surface area (Å²) in [5, 5.41) is 5.79. The van der Waals surface area contributed by atoms with Gasteiger partial charge in [0.05, 0.1) is 13.7 Å². The molecule has 116 valence electrons. The first-order valence-corrected chi connectivity index (χ1v) is 7.24. The van der Waals surface area contributed by atoms with Crippen molar-refractivity contribution < 1.29 is 14.3 Å². The molecule has 1 aliphatic heterocycles. The number of ether oxygens (including phenoxy) is 2. The van der Waals surface area contributed by atoms with Crippen LogP contribution >= 0.6 is 0 Å². The summed E-state index contributed by atoms with van der Waals surface area (Å²) < 4.78 is 11.1. The Hall–Kier alpha value is -1.91. The van der Waals surface area contributed by atoms with E-state index in [0.29, 0.717) is 13.2 Å². The lowest BCUT2D eigenvalue weighted by Gasteiger charge is -2.27. The zero-order chi connectivity index (χ0) is 15.5. The summed E-state index contributed by atoms with van der Waals surface area (Å²) in [6.45, 7) is 7.05. The first-order chi connectivity index (χ1) is 9.89. The number of nitrogens with one attached hydrogen (secondary N) is 2. The minimum Gasteiger partial charge on any atom is -0.493 e. The van der Waals surface area contributed by atoms with Crippen LogP contribution < -0.4 is 20.1 Å². The van der Waals surface area contributed by atoms with Crippen molar-refractivity contribution in [2.24, 2.45) is 5.92 Å². The van der Waals surface area contributed by atoms with Gasteiger partial charge in [-0.05, 0) is 38.8 Å². The lowest BCUT2D eigenvalue weighted by atomic mass is 9.96. The molecule has 1 aromatic carbocycles. The molecule has 0 spiro atoms. The van der Waals surface area contributed by atoms with Gasteiger partial charge in [0.25, 0.3) is 0 Å². The zero-order valence-corrected chi connectivity index (χ0v) is 13.2. The van der Waals surface area contributed by atoms with E-state index in [-0.39, 0.29) is 17.5 Å². The molecule has 2 N–H and O–H groups in total. The third kappa shape index (κ3) is 4.28. The summed E-state index contributed by atoms with van der Waals surface area (Å²) in [6.07, 6.45) is 0.877. The molecule has 1 heterocycles. The van der Waals surface area contributed by atoms with Crippen LogP contribution in [0.5, 0.6) is 11.5 Å². The third-order valence-corrected chi connectivity index (χ3v) is 3.29. The average Bonchev–Trinajstić information content (AvgIpc) is 2.42. The van der Waals surface area contributed by atoms with Crippen LogP contribution in [0.3, 0.4) is 0 Å². The fourth-order valence-electron chi connectivity index (χ4n) is 2.37. The lowest BCUT2D eigenvalue weighted by Crippen LogP contribution is -2.48. The van der Waals surface area contributed by atoms with Crippen LogP contribution in [0.1, 0.15) is 26.3 Å². The van der Waals surface area contributed by atoms with Crippen LogP contribution in [0.15, 0.2) is 18.2 Å². The Morgan fingerprint density at radius 1 is 1.43 bits per heavy atom. The van der Waals surface area contributed by atoms with Gasteiger partial charge >= 0.3 is 6.03 Å². The predicted molar refractivity (Wildman–Crippen MR) is 82.0 cm³/mol. The normalized spacial score (nSPS) is 17.4. The number of rotatable bonds is 3. The molecule has 2 amide bonds. The van der Waals surface area contributed by atoms with Gasteiger partial charge in [-0.25, -0.2) is 4.79 Å². The van der Waals surface area contributed by atoms with Gasteiger partial charge in [0.15, 0.2) is 11.5 Å². The van der Waals surface area contributed by atoms with E-state index in [9.17, 15) is 4.79 Å². The molecule has 0 aromatic heterocycles. The van der Waals surface area contributed by atoms with Crippen LogP contribution in [0.4, 0.5) is 4.79 Å². The van der Waals surface area contributed by atoms with E-state index in [2.05, 4.69) is 10.6 Å². The Balaban J connectivity index is 1.89. The molecular weight excluding hydrogens is 268 g/mol. The highest BCUT2D eigenvalue weighted by Gasteiger charge is 2.23. The number of urea groups is 1. The van der Waals surface area contributed by atoms with Gasteiger partial charge in [0.2, 0.25) is 0 Å². The Bertz CT molecular complexity index is 509. The van der Waals surface area contributed by atoms with Crippen molar-refractivity contribution in [3.8, 4) is 11.5 Å². The van der Waals surface area contributed by atoms with Gasteiger partial charge in [0.1, 0.15) is 0 Å². The molecule has 5 heteroatoms. The van der Waals surface area contributed by atoms with Crippen LogP contribution in [0, 0.1) is 5.92 Å². The van der Waals surface area contributed by atoms with Crippen LogP contribution in [-0.4, -0.2) is 31.8 Å². The molecule has 1 aliphatic rings. The summed E-state index contributed by atoms with van der Waals surface area (Å²) in [7, 11) is 1.64. The molecule has 2 rings (SSSR count). The molecule has 0 fully saturated rings. The number of hydrogen-bond acceptors (Lipinski definition) is 3. The molecule has 0 aliphatic carbocycles. The molecule has 0 bridgehead atoms. The van der Waals surface area contributed by atoms with E-state index in [1.165, 1.54) is 0 Å². The molecule has 21 heavy (non-hydrogen) atoms. The lowest BCUT2D eigenvalue weighted by molar-refractivity contribution is 0.202. The molecule has 0 saturated heterocycles. The van der Waals surface area contributed by atoms with E-state index in [0.717, 1.165) is 23.5 Å². The SMILES string of the molecule is COc1cccc2c1OC[C@H](CNC(=O)NC(C)(C)C)C2. The number of para-hydroxylation sites is 1. The largest absolute Gasteiger partial charge is 0.493 e. The number of carbonyl (C=O) groups is 1. The summed E-state index contributed by atoms with van der Waals surface area (Å²) in [5.74, 6) is 1.87. The molecule has 0 radical (unpaired) electrons. The topological polar surface area (TPSA) is 59.6 Å². The summed E-state index contributed by atoms with van der Waals surface area (Å²) in [4.78, 5) is 11.8. The van der Waals surface area contributed by atoms with Gasteiger partial charge in [-0.3, -0.25) is 0 Å². The van der Waals surface area contributed by atoms with Crippen LogP contribution in [-0.2, 0) is 6.42 Å². The maximum Gasteiger partial charge on any atom is 0.315 e. The van der Waals surface area contributed by atoms with Gasteiger partial charge < -0.3 is 20.1 Å². The quantitative estimate of drug-likeness (QED) is 0.899. The van der Waals surface area contributed by atoms with E-state index < -0.39 is 0 Å².